The first-order chi connectivity index (χ1) is 6.90. The molecular formula is C12H16N2. The van der Waals surface area contributed by atoms with Crippen LogP contribution in [0, 0.1) is 0 Å². The molecule has 2 nitrogen and oxygen atoms in total. The molecule has 1 fully saturated rings. The molecule has 1 aliphatic rings. The average Bonchev–Trinajstić information content (AvgIpc) is 3.01. The number of hydrogen-bond acceptors (Lipinski definition) is 2. The fourth-order valence-corrected chi connectivity index (χ4v) is 1.40. The van der Waals surface area contributed by atoms with Crippen LogP contribution < -0.4 is 10.6 Å². The van der Waals surface area contributed by atoms with Crippen LogP contribution in [-0.2, 0) is 6.54 Å². The van der Waals surface area contributed by atoms with Crippen molar-refractivity contribution in [1.29, 1.82) is 0 Å². The number of anilines is 1. The SMILES string of the molecule is CNCc1ccccc1NC=C1CC1. The molecule has 0 heterocycles. The van der Waals surface area contributed by atoms with E-state index in [0.717, 1.165) is 6.54 Å². The first kappa shape index (κ1) is 9.28. The quantitative estimate of drug-likeness (QED) is 0.758. The van der Waals surface area contributed by atoms with E-state index in [1.54, 1.807) is 0 Å². The van der Waals surface area contributed by atoms with Crippen molar-refractivity contribution in [1.82, 2.24) is 5.32 Å². The molecular weight excluding hydrogens is 172 g/mol. The van der Waals surface area contributed by atoms with Crippen LogP contribution in [0.15, 0.2) is 36.0 Å². The second-order valence-corrected chi connectivity index (χ2v) is 3.63. The summed E-state index contributed by atoms with van der Waals surface area (Å²) >= 11 is 0. The summed E-state index contributed by atoms with van der Waals surface area (Å²) in [5, 5.41) is 6.52. The second kappa shape index (κ2) is 4.29. The van der Waals surface area contributed by atoms with Crippen LogP contribution in [0.2, 0.25) is 0 Å². The van der Waals surface area contributed by atoms with E-state index >= 15 is 0 Å². The molecule has 1 aromatic carbocycles. The highest BCUT2D eigenvalue weighted by molar-refractivity contribution is 5.53. The molecule has 1 aliphatic carbocycles. The minimum atomic E-state index is 0.909. The van der Waals surface area contributed by atoms with E-state index in [-0.39, 0.29) is 0 Å². The highest BCUT2D eigenvalue weighted by atomic mass is 14.9. The summed E-state index contributed by atoms with van der Waals surface area (Å²) in [5.41, 5.74) is 4.04. The molecule has 0 atom stereocenters. The van der Waals surface area contributed by atoms with Crippen molar-refractivity contribution < 1.29 is 0 Å². The second-order valence-electron chi connectivity index (χ2n) is 3.63. The number of benzene rings is 1. The molecule has 74 valence electrons. The Kier molecular flexibility index (Phi) is 2.84. The van der Waals surface area contributed by atoms with Gasteiger partial charge < -0.3 is 10.6 Å². The molecule has 0 spiro atoms. The third kappa shape index (κ3) is 2.36. The summed E-state index contributed by atoms with van der Waals surface area (Å²) in [6, 6.07) is 8.39. The maximum atomic E-state index is 3.36. The lowest BCUT2D eigenvalue weighted by Crippen LogP contribution is -2.07. The van der Waals surface area contributed by atoms with Crippen molar-refractivity contribution in [2.45, 2.75) is 19.4 Å². The number of rotatable bonds is 4. The fourth-order valence-electron chi connectivity index (χ4n) is 1.40. The van der Waals surface area contributed by atoms with Crippen molar-refractivity contribution in [2.75, 3.05) is 12.4 Å². The molecule has 0 unspecified atom stereocenters. The molecule has 0 amide bonds. The zero-order valence-electron chi connectivity index (χ0n) is 8.51. The third-order valence-electron chi connectivity index (χ3n) is 2.36. The van der Waals surface area contributed by atoms with Gasteiger partial charge >= 0.3 is 0 Å². The van der Waals surface area contributed by atoms with Crippen LogP contribution >= 0.6 is 0 Å². The minimum Gasteiger partial charge on any atom is -0.361 e. The van der Waals surface area contributed by atoms with Crippen molar-refractivity contribution >= 4 is 5.69 Å². The Morgan fingerprint density at radius 3 is 2.79 bits per heavy atom. The topological polar surface area (TPSA) is 24.1 Å². The van der Waals surface area contributed by atoms with Gasteiger partial charge in [0.15, 0.2) is 0 Å². The van der Waals surface area contributed by atoms with E-state index in [1.165, 1.54) is 29.7 Å². The van der Waals surface area contributed by atoms with Gasteiger partial charge in [0.1, 0.15) is 0 Å². The standard InChI is InChI=1S/C12H16N2/c1-13-9-11-4-2-3-5-12(11)14-8-10-6-7-10/h2-5,8,13-14H,6-7,9H2,1H3. The van der Waals surface area contributed by atoms with Crippen molar-refractivity contribution in [2.24, 2.45) is 0 Å². The first-order valence-corrected chi connectivity index (χ1v) is 5.07. The molecule has 1 aromatic rings. The van der Waals surface area contributed by atoms with E-state index in [0.29, 0.717) is 0 Å². The number of nitrogens with one attached hydrogen (secondary N) is 2. The van der Waals surface area contributed by atoms with Crippen molar-refractivity contribution in [3.8, 4) is 0 Å². The molecule has 0 saturated heterocycles. The largest absolute Gasteiger partial charge is 0.361 e. The lowest BCUT2D eigenvalue weighted by atomic mass is 10.2. The van der Waals surface area contributed by atoms with Crippen LogP contribution in [0.1, 0.15) is 18.4 Å². The molecule has 2 heteroatoms. The molecule has 0 aliphatic heterocycles. The van der Waals surface area contributed by atoms with Crippen LogP contribution in [0.5, 0.6) is 0 Å². The van der Waals surface area contributed by atoms with Gasteiger partial charge in [0.05, 0.1) is 0 Å². The smallest absolute Gasteiger partial charge is 0.0425 e. The lowest BCUT2D eigenvalue weighted by Gasteiger charge is -2.08. The van der Waals surface area contributed by atoms with Gasteiger partial charge in [-0.25, -0.2) is 0 Å². The first-order valence-electron chi connectivity index (χ1n) is 5.07. The van der Waals surface area contributed by atoms with Gasteiger partial charge in [0, 0.05) is 18.4 Å². The molecule has 0 aromatic heterocycles. The summed E-state index contributed by atoms with van der Waals surface area (Å²) < 4.78 is 0. The Morgan fingerprint density at radius 2 is 2.07 bits per heavy atom. The van der Waals surface area contributed by atoms with Crippen LogP contribution in [0.4, 0.5) is 5.69 Å². The van der Waals surface area contributed by atoms with E-state index in [1.807, 2.05) is 7.05 Å². The maximum absolute atomic E-state index is 3.36. The van der Waals surface area contributed by atoms with Crippen molar-refractivity contribution in [3.63, 3.8) is 0 Å². The summed E-state index contributed by atoms with van der Waals surface area (Å²) in [7, 11) is 1.97. The van der Waals surface area contributed by atoms with E-state index in [2.05, 4.69) is 41.1 Å². The van der Waals surface area contributed by atoms with Crippen LogP contribution in [0.3, 0.4) is 0 Å². The summed E-state index contributed by atoms with van der Waals surface area (Å²) in [4.78, 5) is 0. The van der Waals surface area contributed by atoms with Gasteiger partial charge in [0.2, 0.25) is 0 Å². The van der Waals surface area contributed by atoms with E-state index < -0.39 is 0 Å². The zero-order valence-corrected chi connectivity index (χ0v) is 8.51. The number of hydrogen-bond donors (Lipinski definition) is 2. The number of para-hydroxylation sites is 1. The maximum Gasteiger partial charge on any atom is 0.0425 e. The highest BCUT2D eigenvalue weighted by Crippen LogP contribution is 2.27. The Balaban J connectivity index is 2.09. The molecule has 0 radical (unpaired) electrons. The third-order valence-corrected chi connectivity index (χ3v) is 2.36. The summed E-state index contributed by atoms with van der Waals surface area (Å²) in [6.45, 7) is 0.909. The number of allylic oxidation sites excluding steroid dienone is 1. The van der Waals surface area contributed by atoms with Crippen molar-refractivity contribution in [3.05, 3.63) is 41.6 Å². The van der Waals surface area contributed by atoms with Gasteiger partial charge in [-0.3, -0.25) is 0 Å². The van der Waals surface area contributed by atoms with E-state index in [9.17, 15) is 0 Å². The minimum absolute atomic E-state index is 0.909. The van der Waals surface area contributed by atoms with Gasteiger partial charge in [-0.15, -0.1) is 0 Å². The molecule has 2 rings (SSSR count). The van der Waals surface area contributed by atoms with Gasteiger partial charge in [0.25, 0.3) is 0 Å². The Bertz CT molecular complexity index is 336. The fraction of sp³-hybridized carbons (Fsp3) is 0.333. The molecule has 2 N–H and O–H groups in total. The lowest BCUT2D eigenvalue weighted by molar-refractivity contribution is 0.819. The normalized spacial score (nSPS) is 13.9. The zero-order chi connectivity index (χ0) is 9.80. The van der Waals surface area contributed by atoms with Crippen LogP contribution in [-0.4, -0.2) is 7.05 Å². The van der Waals surface area contributed by atoms with E-state index in [4.69, 9.17) is 0 Å². The van der Waals surface area contributed by atoms with Gasteiger partial charge in [-0.05, 0) is 31.5 Å². The Labute approximate surface area is 85.0 Å². The highest BCUT2D eigenvalue weighted by Gasteiger charge is 2.10. The predicted molar refractivity (Wildman–Crippen MR) is 60.1 cm³/mol. The Hall–Kier alpha value is -1.28. The molecule has 14 heavy (non-hydrogen) atoms. The molecule has 0 bridgehead atoms. The molecule has 1 saturated carbocycles. The van der Waals surface area contributed by atoms with Crippen LogP contribution in [0.25, 0.3) is 0 Å². The predicted octanol–water partition coefficient (Wildman–Crippen LogP) is 2.50. The summed E-state index contributed by atoms with van der Waals surface area (Å²) in [5.74, 6) is 0. The monoisotopic (exact) mass is 188 g/mol. The van der Waals surface area contributed by atoms with Gasteiger partial charge in [-0.1, -0.05) is 23.8 Å². The Morgan fingerprint density at radius 1 is 1.29 bits per heavy atom. The average molecular weight is 188 g/mol. The summed E-state index contributed by atoms with van der Waals surface area (Å²) in [6.07, 6.45) is 4.66. The van der Waals surface area contributed by atoms with Gasteiger partial charge in [-0.2, -0.15) is 0 Å².